The van der Waals surface area contributed by atoms with Crippen molar-refractivity contribution >= 4 is 156 Å². The number of nitrogens with zero attached hydrogens (tertiary/aromatic N) is 8. The number of Topliss-reactive ketones (excluding diaryl/α,β-unsaturated/α-hetero) is 3. The second kappa shape index (κ2) is 67.2. The molecule has 5 N–H and O–H groups in total. The number of benzene rings is 4. The van der Waals surface area contributed by atoms with E-state index in [0.29, 0.717) is 96.4 Å². The number of carbonyl (C=O) groups is 12. The number of hydrogen-bond acceptors (Lipinski definition) is 24. The summed E-state index contributed by atoms with van der Waals surface area (Å²) >= 11 is 6.39. The number of aromatic nitrogens is 4. The molecule has 8 aromatic rings. The van der Waals surface area contributed by atoms with Crippen molar-refractivity contribution in [3.63, 3.8) is 0 Å². The van der Waals surface area contributed by atoms with Gasteiger partial charge in [-0.15, -0.1) is 45.3 Å². The van der Waals surface area contributed by atoms with E-state index in [2.05, 4.69) is 158 Å². The van der Waals surface area contributed by atoms with Crippen molar-refractivity contribution in [2.45, 2.75) is 301 Å². The number of likely N-dealkylation sites (N-methyl/N-ethyl adjacent to an activating group) is 4. The molecule has 8 rings (SSSR count). The molecule has 0 fully saturated rings. The number of nitrogens with one attached hydrogen (secondary N) is 5. The molecular formula is C115H171N13O12S4. The van der Waals surface area contributed by atoms with Crippen LogP contribution in [0.3, 0.4) is 0 Å². The lowest BCUT2D eigenvalue weighted by molar-refractivity contribution is -0.131. The third kappa shape index (κ3) is 46.6. The predicted molar refractivity (Wildman–Crippen MR) is 596 cm³/mol. The Kier molecular flexibility index (Phi) is 58.2. The van der Waals surface area contributed by atoms with E-state index in [1.54, 1.807) is 76.7 Å². The van der Waals surface area contributed by atoms with Crippen LogP contribution in [0.2, 0.25) is 0 Å². The van der Waals surface area contributed by atoms with Gasteiger partial charge in [0.1, 0.15) is 17.3 Å². The third-order valence-electron chi connectivity index (χ3n) is 26.4. The summed E-state index contributed by atoms with van der Waals surface area (Å²) in [5, 5.41) is 18.9. The van der Waals surface area contributed by atoms with E-state index in [-0.39, 0.29) is 144 Å². The SMILES string of the molecule is CCC(=O)C[C@@H](Cc1nc2ccc(CC)cc2s1)C(=O)N[C@H](CCC(=O)/C=C/CN(C)C)[C@@H](C)CC.CCCC(=O)C[C@@H](Cc1nc2ccc(CC)cc2s1)C(=O)N[C@H](CCC(=O)/C=C/CN(C)C)[C@@H](C)CC.CCc1ccc2nc(C[C@H](CC(=O)NC)C(=O)N[C@H](CCC(=O)/C=C/CN(C)C)[C@@H](C)CC)sc2c1.CCc1ccc2nc(C[C@H](CC(C)=O)C(=O)N[C@H](CCC(=O)/C=C/CN(C)C)[C@@H](C)CC)sc2c1. The predicted octanol–water partition coefficient (Wildman–Crippen LogP) is 20.3. The van der Waals surface area contributed by atoms with Crippen LogP contribution in [0, 0.1) is 47.3 Å². The first-order valence-electron chi connectivity index (χ1n) is 52.5. The smallest absolute Gasteiger partial charge is 0.224 e. The molecule has 4 aromatic heterocycles. The highest BCUT2D eigenvalue weighted by Crippen LogP contribution is 2.33. The van der Waals surface area contributed by atoms with E-state index in [1.807, 2.05) is 138 Å². The minimum atomic E-state index is -0.529. The molecule has 5 amide bonds. The molecule has 0 spiro atoms. The summed E-state index contributed by atoms with van der Waals surface area (Å²) in [6.45, 7) is 33.4. The fourth-order valence-electron chi connectivity index (χ4n) is 16.4. The quantitative estimate of drug-likeness (QED) is 0.0221. The number of rotatable bonds is 63. The Morgan fingerprint density at radius 3 is 0.792 bits per heavy atom. The summed E-state index contributed by atoms with van der Waals surface area (Å²) in [6.07, 6.45) is 29.3. The first-order valence-corrected chi connectivity index (χ1v) is 55.7. The highest BCUT2D eigenvalue weighted by Gasteiger charge is 2.34. The molecule has 0 radical (unpaired) electrons. The Balaban J connectivity index is 0.000000338. The van der Waals surface area contributed by atoms with E-state index in [1.165, 1.54) is 29.2 Å². The van der Waals surface area contributed by atoms with Crippen molar-refractivity contribution in [1.82, 2.24) is 66.1 Å². The lowest BCUT2D eigenvalue weighted by atomic mass is 9.91. The Bertz CT molecular complexity index is 5340. The van der Waals surface area contributed by atoms with Crippen LogP contribution in [0.5, 0.6) is 0 Å². The van der Waals surface area contributed by atoms with Crippen molar-refractivity contribution in [3.8, 4) is 0 Å². The monoisotopic (exact) mass is 2050 g/mol. The summed E-state index contributed by atoms with van der Waals surface area (Å²) in [4.78, 5) is 179. The minimum Gasteiger partial charge on any atom is -0.359 e. The van der Waals surface area contributed by atoms with Crippen molar-refractivity contribution in [3.05, 3.63) is 164 Å². The Morgan fingerprint density at radius 1 is 0.333 bits per heavy atom. The lowest BCUT2D eigenvalue weighted by Gasteiger charge is -2.26. The minimum absolute atomic E-state index is 0.0131. The zero-order valence-corrected chi connectivity index (χ0v) is 94.3. The number of carbonyl (C=O) groups excluding carboxylic acids is 12. The van der Waals surface area contributed by atoms with E-state index in [4.69, 9.17) is 19.9 Å². The van der Waals surface area contributed by atoms with Crippen molar-refractivity contribution in [2.75, 3.05) is 89.6 Å². The molecule has 0 saturated heterocycles. The topological polar surface area (TPSA) is 330 Å². The molecule has 0 bridgehead atoms. The number of thiazole rings is 4. The number of hydrogen-bond donors (Lipinski definition) is 5. The molecule has 0 aliphatic rings. The molecular weight excluding hydrogens is 1880 g/mol. The molecule has 0 aliphatic carbocycles. The molecule has 144 heavy (non-hydrogen) atoms. The average molecular weight is 2060 g/mol. The molecule has 25 nitrogen and oxygen atoms in total. The second-order valence-corrected chi connectivity index (χ2v) is 44.2. The maximum atomic E-state index is 13.5. The fraction of sp³-hybridized carbons (Fsp3) is 0.583. The normalized spacial score (nSPS) is 14.3. The Labute approximate surface area is 876 Å². The zero-order chi connectivity index (χ0) is 107. The van der Waals surface area contributed by atoms with E-state index < -0.39 is 23.7 Å². The molecule has 0 unspecified atom stereocenters. The number of aryl methyl sites for hydroxylation is 4. The summed E-state index contributed by atoms with van der Waals surface area (Å²) < 4.78 is 4.44. The van der Waals surface area contributed by atoms with Gasteiger partial charge in [-0.1, -0.05) is 171 Å². The van der Waals surface area contributed by atoms with Gasteiger partial charge in [0.05, 0.1) is 84.6 Å². The van der Waals surface area contributed by atoms with Crippen LogP contribution in [0.1, 0.15) is 268 Å². The second-order valence-electron chi connectivity index (χ2n) is 39.7. The van der Waals surface area contributed by atoms with Crippen LogP contribution in [0.15, 0.2) is 121 Å². The molecule has 4 heterocycles. The Hall–Kier alpha value is -9.72. The first-order chi connectivity index (χ1) is 68.6. The number of fused-ring (bicyclic) bond motifs is 4. The van der Waals surface area contributed by atoms with Crippen LogP contribution in [-0.4, -0.2) is 223 Å². The Morgan fingerprint density at radius 2 is 0.576 bits per heavy atom. The van der Waals surface area contributed by atoms with Gasteiger partial charge in [-0.2, -0.15) is 0 Å². The summed E-state index contributed by atoms with van der Waals surface area (Å²) in [7, 11) is 17.2. The van der Waals surface area contributed by atoms with Gasteiger partial charge < -0.3 is 51.0 Å². The maximum absolute atomic E-state index is 13.5. The van der Waals surface area contributed by atoms with Gasteiger partial charge in [-0.3, -0.25) is 52.7 Å². The van der Waals surface area contributed by atoms with Gasteiger partial charge in [0.2, 0.25) is 29.5 Å². The average Bonchev–Trinajstić information content (AvgIpc) is 1.69. The molecule has 0 saturated carbocycles. The van der Waals surface area contributed by atoms with Gasteiger partial charge in [0.25, 0.3) is 0 Å². The van der Waals surface area contributed by atoms with Gasteiger partial charge in [-0.05, 0) is 240 Å². The maximum Gasteiger partial charge on any atom is 0.224 e. The molecule has 29 heteroatoms. The van der Waals surface area contributed by atoms with Gasteiger partial charge in [0.15, 0.2) is 23.1 Å². The number of amides is 5. The van der Waals surface area contributed by atoms with Crippen LogP contribution in [0.25, 0.3) is 40.9 Å². The highest BCUT2D eigenvalue weighted by atomic mass is 32.1. The first kappa shape index (κ1) is 125. The lowest BCUT2D eigenvalue weighted by Crippen LogP contribution is -2.44. The summed E-state index contributed by atoms with van der Waals surface area (Å²) in [5.74, 6) is -1.31. The summed E-state index contributed by atoms with van der Waals surface area (Å²) in [6, 6.07) is 24.6. The number of allylic oxidation sites excluding steroid dienone is 4. The van der Waals surface area contributed by atoms with Gasteiger partial charge in [0, 0.05) is 147 Å². The van der Waals surface area contributed by atoms with E-state index in [0.717, 1.165) is 138 Å². The molecule has 792 valence electrons. The van der Waals surface area contributed by atoms with Crippen LogP contribution >= 0.6 is 45.3 Å². The largest absolute Gasteiger partial charge is 0.359 e. The number of ketones is 7. The summed E-state index contributed by atoms with van der Waals surface area (Å²) in [5.41, 5.74) is 8.76. The van der Waals surface area contributed by atoms with Gasteiger partial charge >= 0.3 is 0 Å². The van der Waals surface area contributed by atoms with Crippen molar-refractivity contribution in [1.29, 1.82) is 0 Å². The zero-order valence-electron chi connectivity index (χ0n) is 91.0. The van der Waals surface area contributed by atoms with Crippen molar-refractivity contribution < 1.29 is 57.5 Å². The standard InChI is InChI=1S/C30H45N3O3S.C29H43N3O3S.C28H42N4O3S.C28H41N3O3S/c1-7-11-25(35)19-23(20-29-31-27-15-13-22(9-3)18-28(27)37-29)30(36)32-26(21(4)8-2)16-14-24(34)12-10-17-33(5)6;1-7-20(4)25(15-13-24(34)11-10-16-32(5)6)31-29(35)22(18-23(33)9-3)19-28-30-26-14-12-21(8-2)17-27(26)36-28;1-7-19(3)23(14-12-22(33)10-9-15-32(5)6)31-28(35)21(17-26(34)29-4)18-27-30-24-13-11-20(8-2)16-25(24)36-27;1-7-19(3)24(14-12-23(33)10-9-15-31(5)6)30-28(34)22(16-20(4)32)18-27-29-25-13-11-21(8-2)17-26(25)35-27/h10,12-13,15,18,21,23,26H,7-9,11,14,16-17,19-20H2,1-6H3,(H,32,36);10-12,14,17,20,22,25H,7-9,13,15-16,18-19H2,1-6H3,(H,31,35);9-11,13,16,19,21,23H,7-8,12,14-15,17-18H2,1-6H3,(H,29,34)(H,31,35);9-11,13,17,19,22,24H,7-8,12,14-16,18H2,1-6H3,(H,30,34)/b12-10+;11-10+;2*10-9+/t21-,23-,26+;20-,22-,25+;19-,21-,23+;19-,22-,24+/m0000/s1. The van der Waals surface area contributed by atoms with Crippen LogP contribution in [0.4, 0.5) is 0 Å². The third-order valence-corrected chi connectivity index (χ3v) is 30.6. The van der Waals surface area contributed by atoms with E-state index in [9.17, 15) is 57.5 Å². The molecule has 0 aliphatic heterocycles. The van der Waals surface area contributed by atoms with Crippen LogP contribution < -0.4 is 26.6 Å². The van der Waals surface area contributed by atoms with Crippen LogP contribution in [-0.2, 0) is 109 Å². The fourth-order valence-corrected chi connectivity index (χ4v) is 20.8. The highest BCUT2D eigenvalue weighted by molar-refractivity contribution is 7.19. The van der Waals surface area contributed by atoms with E-state index >= 15 is 0 Å². The van der Waals surface area contributed by atoms with Gasteiger partial charge in [-0.25, -0.2) is 19.9 Å². The van der Waals surface area contributed by atoms with Crippen molar-refractivity contribution in [2.24, 2.45) is 47.3 Å². The molecule has 12 atom stereocenters. The molecule has 4 aromatic carbocycles.